The van der Waals surface area contributed by atoms with Crippen molar-refractivity contribution in [3.8, 4) is 0 Å². The molecule has 0 bridgehead atoms. The van der Waals surface area contributed by atoms with Gasteiger partial charge in [0.2, 0.25) is 0 Å². The summed E-state index contributed by atoms with van der Waals surface area (Å²) in [5, 5.41) is 3.20. The second-order valence-electron chi connectivity index (χ2n) is 5.95. The molecular weight excluding hydrogens is 246 g/mol. The number of hydrogen-bond acceptors (Lipinski definition) is 1. The molecule has 2 rings (SSSR count). The van der Waals surface area contributed by atoms with Crippen LogP contribution in [0.1, 0.15) is 80.6 Å². The second-order valence-corrected chi connectivity index (χ2v) is 5.95. The standard InChI is InChI=1S/C18H27NO/c1-3-14(4-2)15-9-8-10-16(13-15)18(20)19-17-11-6-5-7-12-17/h8-10,13-14,17H,3-7,11-12H2,1-2H3,(H,19,20). The van der Waals surface area contributed by atoms with Crippen LogP contribution in [0.15, 0.2) is 24.3 Å². The maximum Gasteiger partial charge on any atom is 0.251 e. The van der Waals surface area contributed by atoms with E-state index in [1.807, 2.05) is 12.1 Å². The van der Waals surface area contributed by atoms with E-state index in [1.54, 1.807) is 0 Å². The van der Waals surface area contributed by atoms with Crippen LogP contribution in [-0.2, 0) is 0 Å². The first-order valence-electron chi connectivity index (χ1n) is 8.15. The van der Waals surface area contributed by atoms with Crippen LogP contribution in [0.2, 0.25) is 0 Å². The molecule has 0 unspecified atom stereocenters. The molecule has 0 saturated heterocycles. The van der Waals surface area contributed by atoms with Gasteiger partial charge in [0.05, 0.1) is 0 Å². The van der Waals surface area contributed by atoms with Gasteiger partial charge in [0.25, 0.3) is 5.91 Å². The number of benzene rings is 1. The summed E-state index contributed by atoms with van der Waals surface area (Å²) in [6.45, 7) is 4.42. The lowest BCUT2D eigenvalue weighted by Crippen LogP contribution is -2.36. The van der Waals surface area contributed by atoms with Gasteiger partial charge in [-0.1, -0.05) is 45.2 Å². The SMILES string of the molecule is CCC(CC)c1cccc(C(=O)NC2CCCCC2)c1. The van der Waals surface area contributed by atoms with E-state index < -0.39 is 0 Å². The molecule has 1 aromatic carbocycles. The van der Waals surface area contributed by atoms with Gasteiger partial charge >= 0.3 is 0 Å². The normalized spacial score (nSPS) is 16.4. The lowest BCUT2D eigenvalue weighted by molar-refractivity contribution is 0.0927. The molecule has 1 aliphatic rings. The van der Waals surface area contributed by atoms with Gasteiger partial charge in [-0.3, -0.25) is 4.79 Å². The zero-order chi connectivity index (χ0) is 14.4. The van der Waals surface area contributed by atoms with E-state index in [0.29, 0.717) is 12.0 Å². The molecule has 0 aromatic heterocycles. The minimum atomic E-state index is 0.102. The summed E-state index contributed by atoms with van der Waals surface area (Å²) >= 11 is 0. The highest BCUT2D eigenvalue weighted by molar-refractivity contribution is 5.94. The molecule has 1 aliphatic carbocycles. The molecule has 1 aromatic rings. The first-order chi connectivity index (χ1) is 9.74. The fourth-order valence-corrected chi connectivity index (χ4v) is 3.21. The lowest BCUT2D eigenvalue weighted by Gasteiger charge is -2.23. The number of hydrogen-bond donors (Lipinski definition) is 1. The van der Waals surface area contributed by atoms with Crippen LogP contribution >= 0.6 is 0 Å². The molecule has 0 spiro atoms. The smallest absolute Gasteiger partial charge is 0.251 e. The summed E-state index contributed by atoms with van der Waals surface area (Å²) in [6, 6.07) is 8.56. The van der Waals surface area contributed by atoms with Crippen molar-refractivity contribution >= 4 is 5.91 Å². The summed E-state index contributed by atoms with van der Waals surface area (Å²) in [5.41, 5.74) is 2.12. The maximum atomic E-state index is 12.4. The highest BCUT2D eigenvalue weighted by Gasteiger charge is 2.17. The summed E-state index contributed by atoms with van der Waals surface area (Å²) < 4.78 is 0. The number of nitrogens with one attached hydrogen (secondary N) is 1. The summed E-state index contributed by atoms with van der Waals surface area (Å²) in [5.74, 6) is 0.669. The Morgan fingerprint density at radius 2 is 1.90 bits per heavy atom. The fourth-order valence-electron chi connectivity index (χ4n) is 3.21. The van der Waals surface area contributed by atoms with Gasteiger partial charge < -0.3 is 5.32 Å². The molecule has 1 amide bonds. The Hall–Kier alpha value is -1.31. The van der Waals surface area contributed by atoms with Crippen LogP contribution in [0, 0.1) is 0 Å². The van der Waals surface area contributed by atoms with Crippen molar-refractivity contribution in [3.63, 3.8) is 0 Å². The lowest BCUT2D eigenvalue weighted by atomic mass is 9.92. The number of carbonyl (C=O) groups is 1. The Morgan fingerprint density at radius 3 is 2.55 bits per heavy atom. The number of carbonyl (C=O) groups excluding carboxylic acids is 1. The number of rotatable bonds is 5. The molecule has 0 aliphatic heterocycles. The van der Waals surface area contributed by atoms with Crippen molar-refractivity contribution in [3.05, 3.63) is 35.4 Å². The van der Waals surface area contributed by atoms with E-state index in [4.69, 9.17) is 0 Å². The Kier molecular flexibility index (Phi) is 5.63. The summed E-state index contributed by atoms with van der Waals surface area (Å²) in [6.07, 6.45) is 8.35. The quantitative estimate of drug-likeness (QED) is 0.831. The average Bonchev–Trinajstić information content (AvgIpc) is 2.50. The maximum absolute atomic E-state index is 12.4. The van der Waals surface area contributed by atoms with Crippen LogP contribution < -0.4 is 5.32 Å². The third-order valence-corrected chi connectivity index (χ3v) is 4.55. The van der Waals surface area contributed by atoms with Crippen molar-refractivity contribution in [1.82, 2.24) is 5.32 Å². The molecule has 110 valence electrons. The monoisotopic (exact) mass is 273 g/mol. The highest BCUT2D eigenvalue weighted by atomic mass is 16.1. The summed E-state index contributed by atoms with van der Waals surface area (Å²) in [7, 11) is 0. The van der Waals surface area contributed by atoms with Crippen molar-refractivity contribution in [2.45, 2.75) is 70.8 Å². The van der Waals surface area contributed by atoms with Crippen LogP contribution in [0.3, 0.4) is 0 Å². The molecule has 2 heteroatoms. The van der Waals surface area contributed by atoms with E-state index in [9.17, 15) is 4.79 Å². The van der Waals surface area contributed by atoms with E-state index >= 15 is 0 Å². The topological polar surface area (TPSA) is 29.1 Å². The van der Waals surface area contributed by atoms with E-state index in [2.05, 4.69) is 31.3 Å². The first kappa shape index (κ1) is 15.1. The highest BCUT2D eigenvalue weighted by Crippen LogP contribution is 2.24. The zero-order valence-electron chi connectivity index (χ0n) is 12.8. The van der Waals surface area contributed by atoms with Gasteiger partial charge in [0.15, 0.2) is 0 Å². The predicted molar refractivity (Wildman–Crippen MR) is 84.1 cm³/mol. The Morgan fingerprint density at radius 1 is 1.20 bits per heavy atom. The summed E-state index contributed by atoms with van der Waals surface area (Å²) in [4.78, 5) is 12.4. The second kappa shape index (κ2) is 7.47. The molecule has 1 saturated carbocycles. The fraction of sp³-hybridized carbons (Fsp3) is 0.611. The molecule has 1 fully saturated rings. The molecule has 2 nitrogen and oxygen atoms in total. The largest absolute Gasteiger partial charge is 0.349 e. The van der Waals surface area contributed by atoms with Crippen molar-refractivity contribution in [2.24, 2.45) is 0 Å². The van der Waals surface area contributed by atoms with Gasteiger partial charge in [-0.15, -0.1) is 0 Å². The van der Waals surface area contributed by atoms with Gasteiger partial charge in [-0.2, -0.15) is 0 Å². The molecule has 0 atom stereocenters. The van der Waals surface area contributed by atoms with Crippen molar-refractivity contribution in [2.75, 3.05) is 0 Å². The van der Waals surface area contributed by atoms with Crippen LogP contribution in [0.5, 0.6) is 0 Å². The van der Waals surface area contributed by atoms with E-state index in [1.165, 1.54) is 24.8 Å². The Labute approximate surface area is 123 Å². The third kappa shape index (κ3) is 3.84. The van der Waals surface area contributed by atoms with Crippen molar-refractivity contribution in [1.29, 1.82) is 0 Å². The van der Waals surface area contributed by atoms with Crippen molar-refractivity contribution < 1.29 is 4.79 Å². The van der Waals surface area contributed by atoms with E-state index in [-0.39, 0.29) is 5.91 Å². The van der Waals surface area contributed by atoms with Gasteiger partial charge in [0.1, 0.15) is 0 Å². The van der Waals surface area contributed by atoms with E-state index in [0.717, 1.165) is 31.2 Å². The van der Waals surface area contributed by atoms with Gasteiger partial charge in [0, 0.05) is 11.6 Å². The van der Waals surface area contributed by atoms with Gasteiger partial charge in [-0.05, 0) is 49.3 Å². The molecule has 20 heavy (non-hydrogen) atoms. The van der Waals surface area contributed by atoms with Crippen LogP contribution in [0.4, 0.5) is 0 Å². The Balaban J connectivity index is 2.03. The average molecular weight is 273 g/mol. The minimum Gasteiger partial charge on any atom is -0.349 e. The van der Waals surface area contributed by atoms with Gasteiger partial charge in [-0.25, -0.2) is 0 Å². The predicted octanol–water partition coefficient (Wildman–Crippen LogP) is 4.65. The van der Waals surface area contributed by atoms with Crippen LogP contribution in [-0.4, -0.2) is 11.9 Å². The molecule has 1 N–H and O–H groups in total. The minimum absolute atomic E-state index is 0.102. The first-order valence-corrected chi connectivity index (χ1v) is 8.15. The molecule has 0 heterocycles. The number of amides is 1. The third-order valence-electron chi connectivity index (χ3n) is 4.55. The van der Waals surface area contributed by atoms with Crippen LogP contribution in [0.25, 0.3) is 0 Å². The molecule has 0 radical (unpaired) electrons. The molecular formula is C18H27NO. The Bertz CT molecular complexity index is 431. The zero-order valence-corrected chi connectivity index (χ0v) is 12.8.